The number of halogens is 1. The number of hydrogen-bond donors (Lipinski definition) is 1. The second-order valence-corrected chi connectivity index (χ2v) is 13.2. The molecule has 1 aliphatic rings. The van der Waals surface area contributed by atoms with Crippen molar-refractivity contribution in [2.75, 3.05) is 12.3 Å². The van der Waals surface area contributed by atoms with Gasteiger partial charge in [0.15, 0.2) is 19.8 Å². The highest BCUT2D eigenvalue weighted by molar-refractivity contribution is 6.74. The minimum absolute atomic E-state index is 0.0752. The van der Waals surface area contributed by atoms with Crippen LogP contribution in [0, 0.1) is 0 Å². The third-order valence-corrected chi connectivity index (χ3v) is 9.92. The van der Waals surface area contributed by atoms with E-state index in [1.54, 1.807) is 6.33 Å². The molecule has 2 N–H and O–H groups in total. The van der Waals surface area contributed by atoms with E-state index < -0.39 is 8.32 Å². The molecule has 0 amide bonds. The van der Waals surface area contributed by atoms with Crippen LogP contribution in [0.25, 0.3) is 11.2 Å². The number of nitrogens with two attached hydrogens (primary N) is 1. The molecule has 2 atom stereocenters. The zero-order valence-electron chi connectivity index (χ0n) is 15.4. The molecule has 2 aromatic heterocycles. The zero-order chi connectivity index (χ0) is 18.4. The fourth-order valence-corrected chi connectivity index (χ4v) is 3.86. The van der Waals surface area contributed by atoms with Gasteiger partial charge < -0.3 is 14.9 Å². The monoisotopic (exact) mass is 383 g/mol. The summed E-state index contributed by atoms with van der Waals surface area (Å²) in [5.41, 5.74) is 7.02. The first-order chi connectivity index (χ1) is 11.6. The van der Waals surface area contributed by atoms with Crippen molar-refractivity contribution in [2.24, 2.45) is 0 Å². The number of fused-ring (bicyclic) bond motifs is 1. The average molecular weight is 384 g/mol. The highest BCUT2D eigenvalue weighted by Gasteiger charge is 2.38. The Balaban J connectivity index is 1.70. The lowest BCUT2D eigenvalue weighted by molar-refractivity contribution is -0.0182. The van der Waals surface area contributed by atoms with Crippen molar-refractivity contribution in [2.45, 2.75) is 64.1 Å². The van der Waals surface area contributed by atoms with Crippen molar-refractivity contribution >= 4 is 36.9 Å². The van der Waals surface area contributed by atoms with Crippen LogP contribution >= 0.6 is 11.6 Å². The Morgan fingerprint density at radius 3 is 2.76 bits per heavy atom. The average Bonchev–Trinajstić information content (AvgIpc) is 3.10. The minimum atomic E-state index is -1.77. The van der Waals surface area contributed by atoms with Gasteiger partial charge in [-0.15, -0.1) is 0 Å². The summed E-state index contributed by atoms with van der Waals surface area (Å²) in [5, 5.41) is 0.305. The molecular formula is C16H26ClN5O2Si. The van der Waals surface area contributed by atoms with Crippen molar-refractivity contribution in [1.82, 2.24) is 19.5 Å². The Labute approximate surface area is 154 Å². The number of rotatable bonds is 4. The normalized spacial score (nSPS) is 22.0. The summed E-state index contributed by atoms with van der Waals surface area (Å²) in [6.07, 6.45) is 3.44. The van der Waals surface area contributed by atoms with E-state index in [0.29, 0.717) is 17.8 Å². The van der Waals surface area contributed by atoms with Crippen LogP contribution in [-0.4, -0.2) is 40.5 Å². The summed E-state index contributed by atoms with van der Waals surface area (Å²) in [4.78, 5) is 12.5. The van der Waals surface area contributed by atoms with Gasteiger partial charge in [0.1, 0.15) is 11.7 Å². The minimum Gasteiger partial charge on any atom is -0.414 e. The van der Waals surface area contributed by atoms with Crippen LogP contribution in [0.5, 0.6) is 0 Å². The van der Waals surface area contributed by atoms with Gasteiger partial charge in [-0.2, -0.15) is 9.97 Å². The van der Waals surface area contributed by atoms with Crippen LogP contribution in [0.1, 0.15) is 39.8 Å². The summed E-state index contributed by atoms with van der Waals surface area (Å²) in [6, 6.07) is 0. The lowest BCUT2D eigenvalue weighted by atomic mass is 10.2. The maximum absolute atomic E-state index is 6.29. The SMILES string of the molecule is CC(C)(C)[Si](C)(C)OC[C@@H]1CC[C@@H](n2cnc3c(N)nc(Cl)nc32)O1. The summed E-state index contributed by atoms with van der Waals surface area (Å²) < 4.78 is 14.3. The molecular weight excluding hydrogens is 358 g/mol. The Hall–Kier alpha value is -1.22. The van der Waals surface area contributed by atoms with Gasteiger partial charge in [0.05, 0.1) is 19.0 Å². The second-order valence-electron chi connectivity index (χ2n) is 8.06. The molecule has 25 heavy (non-hydrogen) atoms. The largest absolute Gasteiger partial charge is 0.414 e. The van der Waals surface area contributed by atoms with Gasteiger partial charge in [-0.3, -0.25) is 4.57 Å². The fraction of sp³-hybridized carbons (Fsp3) is 0.688. The number of imidazole rings is 1. The van der Waals surface area contributed by atoms with E-state index in [2.05, 4.69) is 48.8 Å². The van der Waals surface area contributed by atoms with E-state index in [1.165, 1.54) is 0 Å². The maximum atomic E-state index is 6.29. The highest BCUT2D eigenvalue weighted by atomic mass is 35.5. The van der Waals surface area contributed by atoms with Gasteiger partial charge in [0.2, 0.25) is 5.28 Å². The van der Waals surface area contributed by atoms with Crippen molar-refractivity contribution in [3.63, 3.8) is 0 Å². The molecule has 9 heteroatoms. The summed E-state index contributed by atoms with van der Waals surface area (Å²) >= 11 is 5.93. The van der Waals surface area contributed by atoms with Gasteiger partial charge >= 0.3 is 0 Å². The van der Waals surface area contributed by atoms with Gasteiger partial charge in [-0.1, -0.05) is 20.8 Å². The van der Waals surface area contributed by atoms with E-state index in [9.17, 15) is 0 Å². The van der Waals surface area contributed by atoms with Crippen LogP contribution in [0.15, 0.2) is 6.33 Å². The Bertz CT molecular complexity index is 774. The number of anilines is 1. The lowest BCUT2D eigenvalue weighted by Crippen LogP contribution is -2.42. The van der Waals surface area contributed by atoms with E-state index in [0.717, 1.165) is 12.8 Å². The van der Waals surface area contributed by atoms with Crippen LogP contribution in [0.3, 0.4) is 0 Å². The molecule has 0 spiro atoms. The standard InChI is InChI=1S/C16H26ClN5O2Si/c1-16(2,3)25(4,5)23-8-10-6-7-11(24-10)22-9-19-12-13(18)20-15(17)21-14(12)22/h9-11H,6-8H2,1-5H3,(H2,18,20,21)/t10-,11-/m0/s1. The van der Waals surface area contributed by atoms with Crippen molar-refractivity contribution < 1.29 is 9.16 Å². The van der Waals surface area contributed by atoms with E-state index >= 15 is 0 Å². The molecule has 1 saturated heterocycles. The second kappa shape index (κ2) is 6.50. The Kier molecular flexibility index (Phi) is 4.82. The lowest BCUT2D eigenvalue weighted by Gasteiger charge is -2.36. The van der Waals surface area contributed by atoms with Crippen molar-refractivity contribution in [3.05, 3.63) is 11.6 Å². The molecule has 0 aliphatic carbocycles. The van der Waals surface area contributed by atoms with Gasteiger partial charge in [0.25, 0.3) is 0 Å². The smallest absolute Gasteiger partial charge is 0.226 e. The third-order valence-electron chi connectivity index (χ3n) is 5.25. The van der Waals surface area contributed by atoms with Gasteiger partial charge in [-0.05, 0) is 42.6 Å². The highest BCUT2D eigenvalue weighted by Crippen LogP contribution is 2.38. The van der Waals surface area contributed by atoms with Crippen molar-refractivity contribution in [1.29, 1.82) is 0 Å². The Morgan fingerprint density at radius 2 is 2.08 bits per heavy atom. The number of hydrogen-bond acceptors (Lipinski definition) is 6. The first kappa shape index (κ1) is 18.6. The molecule has 138 valence electrons. The fourth-order valence-electron chi connectivity index (χ4n) is 2.65. The molecule has 2 aromatic rings. The number of aromatic nitrogens is 4. The molecule has 1 aliphatic heterocycles. The molecule has 0 saturated carbocycles. The van der Waals surface area contributed by atoms with Gasteiger partial charge in [-0.25, -0.2) is 4.98 Å². The molecule has 3 rings (SSSR count). The third kappa shape index (κ3) is 3.67. The van der Waals surface area contributed by atoms with Crippen LogP contribution in [0.4, 0.5) is 5.82 Å². The van der Waals surface area contributed by atoms with Gasteiger partial charge in [0, 0.05) is 0 Å². The van der Waals surface area contributed by atoms with Crippen molar-refractivity contribution in [3.8, 4) is 0 Å². The molecule has 0 bridgehead atoms. The topological polar surface area (TPSA) is 88.1 Å². The maximum Gasteiger partial charge on any atom is 0.226 e. The zero-order valence-corrected chi connectivity index (χ0v) is 17.2. The first-order valence-electron chi connectivity index (χ1n) is 8.53. The van der Waals surface area contributed by atoms with Crippen LogP contribution in [0.2, 0.25) is 23.4 Å². The number of ether oxygens (including phenoxy) is 1. The molecule has 0 unspecified atom stereocenters. The number of nitrogen functional groups attached to an aromatic ring is 1. The summed E-state index contributed by atoms with van der Waals surface area (Å²) in [6.45, 7) is 11.8. The number of nitrogens with zero attached hydrogens (tertiary/aromatic N) is 4. The molecule has 1 fully saturated rings. The molecule has 0 aromatic carbocycles. The summed E-state index contributed by atoms with van der Waals surface area (Å²) in [7, 11) is -1.77. The predicted octanol–water partition coefficient (Wildman–Crippen LogP) is 3.76. The summed E-state index contributed by atoms with van der Waals surface area (Å²) in [5.74, 6) is 0.282. The molecule has 3 heterocycles. The van der Waals surface area contributed by atoms with E-state index in [-0.39, 0.29) is 28.5 Å². The predicted molar refractivity (Wildman–Crippen MR) is 101 cm³/mol. The Morgan fingerprint density at radius 1 is 1.36 bits per heavy atom. The van der Waals surface area contributed by atoms with Crippen LogP contribution < -0.4 is 5.73 Å². The first-order valence-corrected chi connectivity index (χ1v) is 11.8. The van der Waals surface area contributed by atoms with E-state index in [4.69, 9.17) is 26.5 Å². The quantitative estimate of drug-likeness (QED) is 0.638. The molecule has 0 radical (unpaired) electrons. The van der Waals surface area contributed by atoms with Crippen LogP contribution in [-0.2, 0) is 9.16 Å². The van der Waals surface area contributed by atoms with E-state index in [1.807, 2.05) is 4.57 Å². The molecule has 7 nitrogen and oxygen atoms in total.